The molecular formula is C19H23FN2O4. The topological polar surface area (TPSA) is 71.6 Å². The molecule has 0 aliphatic heterocycles. The van der Waals surface area contributed by atoms with Gasteiger partial charge in [-0.05, 0) is 36.6 Å². The van der Waals surface area contributed by atoms with Gasteiger partial charge in [-0.1, -0.05) is 13.0 Å². The minimum atomic E-state index is -0.483. The summed E-state index contributed by atoms with van der Waals surface area (Å²) < 4.78 is 23.5. The van der Waals surface area contributed by atoms with Crippen molar-refractivity contribution in [3.05, 3.63) is 52.1 Å². The number of halogens is 1. The molecule has 0 radical (unpaired) electrons. The summed E-state index contributed by atoms with van der Waals surface area (Å²) in [5.74, 6) is -1.10. The minimum absolute atomic E-state index is 0.151. The zero-order valence-corrected chi connectivity index (χ0v) is 15.6. The second kappa shape index (κ2) is 8.03. The van der Waals surface area contributed by atoms with Gasteiger partial charge in [0.1, 0.15) is 5.69 Å². The van der Waals surface area contributed by atoms with Crippen LogP contribution in [-0.4, -0.2) is 43.0 Å². The number of carbonyl (C=O) groups excluding carboxylic acids is 2. The van der Waals surface area contributed by atoms with Crippen LogP contribution in [0.2, 0.25) is 0 Å². The second-order valence-electron chi connectivity index (χ2n) is 5.95. The van der Waals surface area contributed by atoms with Crippen molar-refractivity contribution in [3.63, 3.8) is 0 Å². The van der Waals surface area contributed by atoms with Crippen LogP contribution in [0.25, 0.3) is 0 Å². The van der Waals surface area contributed by atoms with Crippen LogP contribution in [0.4, 0.5) is 4.39 Å². The van der Waals surface area contributed by atoms with Gasteiger partial charge in [-0.15, -0.1) is 0 Å². The van der Waals surface area contributed by atoms with Crippen molar-refractivity contribution < 1.29 is 23.5 Å². The number of H-pyrrole nitrogens is 1. The number of aromatic nitrogens is 1. The molecule has 0 saturated carbocycles. The summed E-state index contributed by atoms with van der Waals surface area (Å²) in [6.07, 6.45) is 0.561. The molecule has 6 nitrogen and oxygen atoms in total. The number of aryl methyl sites for hydroxylation is 1. The number of aromatic amines is 1. The summed E-state index contributed by atoms with van der Waals surface area (Å²) in [6.45, 7) is 3.80. The number of rotatable bonds is 6. The summed E-state index contributed by atoms with van der Waals surface area (Å²) in [4.78, 5) is 29.3. The van der Waals surface area contributed by atoms with E-state index >= 15 is 0 Å². The number of esters is 1. The first-order valence-electron chi connectivity index (χ1n) is 8.21. The highest BCUT2D eigenvalue weighted by Crippen LogP contribution is 2.23. The number of benzene rings is 1. The largest absolute Gasteiger partial charge is 0.494 e. The highest BCUT2D eigenvalue weighted by Gasteiger charge is 2.25. The van der Waals surface area contributed by atoms with Gasteiger partial charge in [0.05, 0.1) is 19.8 Å². The molecule has 1 N–H and O–H groups in total. The molecule has 0 aliphatic carbocycles. The fraction of sp³-hybridized carbons (Fsp3) is 0.368. The van der Waals surface area contributed by atoms with Crippen molar-refractivity contribution in [2.45, 2.75) is 26.8 Å². The first-order chi connectivity index (χ1) is 12.3. The number of nitrogens with zero attached hydrogens (tertiary/aromatic N) is 1. The molecule has 0 spiro atoms. The summed E-state index contributed by atoms with van der Waals surface area (Å²) in [7, 11) is 4.32. The molecule has 7 heteroatoms. The van der Waals surface area contributed by atoms with E-state index in [1.807, 2.05) is 6.92 Å². The van der Waals surface area contributed by atoms with Crippen LogP contribution >= 0.6 is 0 Å². The Bertz CT molecular complexity index is 829. The van der Waals surface area contributed by atoms with Crippen LogP contribution in [0.1, 0.15) is 44.6 Å². The summed E-state index contributed by atoms with van der Waals surface area (Å²) in [6, 6.07) is 4.56. The van der Waals surface area contributed by atoms with Gasteiger partial charge in [-0.3, -0.25) is 4.79 Å². The molecule has 2 rings (SSSR count). The van der Waals surface area contributed by atoms with E-state index in [-0.39, 0.29) is 18.2 Å². The number of ether oxygens (including phenoxy) is 2. The van der Waals surface area contributed by atoms with E-state index < -0.39 is 11.8 Å². The Kier molecular flexibility index (Phi) is 6.02. The number of amides is 1. The smallest absolute Gasteiger partial charge is 0.339 e. The number of methoxy groups -OCH3 is 2. The van der Waals surface area contributed by atoms with Crippen molar-refractivity contribution in [1.29, 1.82) is 0 Å². The van der Waals surface area contributed by atoms with Gasteiger partial charge < -0.3 is 19.4 Å². The van der Waals surface area contributed by atoms with Crippen LogP contribution in [0.3, 0.4) is 0 Å². The summed E-state index contributed by atoms with van der Waals surface area (Å²) >= 11 is 0. The molecule has 0 aliphatic rings. The maximum absolute atomic E-state index is 13.8. The molecule has 0 bridgehead atoms. The molecule has 0 atom stereocenters. The lowest BCUT2D eigenvalue weighted by atomic mass is 10.1. The van der Waals surface area contributed by atoms with Crippen LogP contribution in [0.5, 0.6) is 5.75 Å². The van der Waals surface area contributed by atoms with Gasteiger partial charge in [-0.2, -0.15) is 0 Å². The lowest BCUT2D eigenvalue weighted by Gasteiger charge is -2.17. The van der Waals surface area contributed by atoms with Gasteiger partial charge in [-0.25, -0.2) is 9.18 Å². The third-order valence-electron chi connectivity index (χ3n) is 4.27. The van der Waals surface area contributed by atoms with Gasteiger partial charge in [0.2, 0.25) is 0 Å². The first kappa shape index (κ1) is 19.5. The number of hydrogen-bond acceptors (Lipinski definition) is 4. The molecule has 0 fully saturated rings. The monoisotopic (exact) mass is 362 g/mol. The molecule has 26 heavy (non-hydrogen) atoms. The Morgan fingerprint density at radius 3 is 2.50 bits per heavy atom. The van der Waals surface area contributed by atoms with Crippen molar-refractivity contribution >= 4 is 11.9 Å². The molecular weight excluding hydrogens is 339 g/mol. The molecule has 0 unspecified atom stereocenters. The van der Waals surface area contributed by atoms with Gasteiger partial charge in [0.15, 0.2) is 11.6 Å². The van der Waals surface area contributed by atoms with E-state index in [0.29, 0.717) is 34.5 Å². The number of hydrogen-bond donors (Lipinski definition) is 1. The lowest BCUT2D eigenvalue weighted by molar-refractivity contribution is 0.0599. The van der Waals surface area contributed by atoms with Crippen LogP contribution in [0.15, 0.2) is 18.2 Å². The fourth-order valence-electron chi connectivity index (χ4n) is 2.86. The van der Waals surface area contributed by atoms with E-state index in [9.17, 15) is 14.0 Å². The van der Waals surface area contributed by atoms with E-state index in [1.54, 1.807) is 20.0 Å². The molecule has 1 aromatic carbocycles. The Morgan fingerprint density at radius 2 is 1.96 bits per heavy atom. The Morgan fingerprint density at radius 1 is 1.27 bits per heavy atom. The van der Waals surface area contributed by atoms with Crippen molar-refractivity contribution in [2.24, 2.45) is 0 Å². The molecule has 1 amide bonds. The predicted molar refractivity (Wildman–Crippen MR) is 95.0 cm³/mol. The molecule has 140 valence electrons. The SMILES string of the molecule is CCc1[nH]c(C(=O)N(C)Cc2ccc(OC)c(F)c2)c(C)c1C(=O)OC. The minimum Gasteiger partial charge on any atom is -0.494 e. The number of carbonyl (C=O) groups is 2. The zero-order valence-electron chi connectivity index (χ0n) is 15.6. The normalized spacial score (nSPS) is 10.5. The van der Waals surface area contributed by atoms with Crippen molar-refractivity contribution in [3.8, 4) is 5.75 Å². The second-order valence-corrected chi connectivity index (χ2v) is 5.95. The average molecular weight is 362 g/mol. The molecule has 0 saturated heterocycles. The van der Waals surface area contributed by atoms with Gasteiger partial charge in [0, 0.05) is 19.3 Å². The molecule has 1 aromatic heterocycles. The quantitative estimate of drug-likeness (QED) is 0.802. The maximum Gasteiger partial charge on any atom is 0.339 e. The summed E-state index contributed by atoms with van der Waals surface area (Å²) in [5.41, 5.74) is 2.56. The van der Waals surface area contributed by atoms with Crippen molar-refractivity contribution in [1.82, 2.24) is 9.88 Å². The zero-order chi connectivity index (χ0) is 19.4. The highest BCUT2D eigenvalue weighted by atomic mass is 19.1. The van der Waals surface area contributed by atoms with E-state index in [1.165, 1.54) is 31.3 Å². The Hall–Kier alpha value is -2.83. The van der Waals surface area contributed by atoms with Crippen LogP contribution in [-0.2, 0) is 17.7 Å². The maximum atomic E-state index is 13.8. The fourth-order valence-corrected chi connectivity index (χ4v) is 2.86. The summed E-state index contributed by atoms with van der Waals surface area (Å²) in [5, 5.41) is 0. The van der Waals surface area contributed by atoms with Gasteiger partial charge >= 0.3 is 5.97 Å². The van der Waals surface area contributed by atoms with Crippen LogP contribution < -0.4 is 4.74 Å². The third kappa shape index (κ3) is 3.71. The van der Waals surface area contributed by atoms with Crippen molar-refractivity contribution in [2.75, 3.05) is 21.3 Å². The van der Waals surface area contributed by atoms with E-state index in [4.69, 9.17) is 9.47 Å². The average Bonchev–Trinajstić information content (AvgIpc) is 2.97. The lowest BCUT2D eigenvalue weighted by Crippen LogP contribution is -2.27. The Labute approximate surface area is 151 Å². The Balaban J connectivity index is 2.27. The standard InChI is InChI=1S/C19H23FN2O4/c1-6-14-16(19(24)26-5)11(2)17(21-14)18(23)22(3)10-12-7-8-15(25-4)13(20)9-12/h7-9,21H,6,10H2,1-5H3. The predicted octanol–water partition coefficient (Wildman–Crippen LogP) is 3.09. The number of nitrogens with one attached hydrogen (secondary N) is 1. The van der Waals surface area contributed by atoms with Crippen LogP contribution in [0, 0.1) is 12.7 Å². The van der Waals surface area contributed by atoms with E-state index in [0.717, 1.165) is 0 Å². The third-order valence-corrected chi connectivity index (χ3v) is 4.27. The molecule has 1 heterocycles. The molecule has 2 aromatic rings. The van der Waals surface area contributed by atoms with E-state index in [2.05, 4.69) is 4.98 Å². The van der Waals surface area contributed by atoms with Gasteiger partial charge in [0.25, 0.3) is 5.91 Å². The first-order valence-corrected chi connectivity index (χ1v) is 8.21. The highest BCUT2D eigenvalue weighted by molar-refractivity contribution is 6.00.